The Morgan fingerprint density at radius 2 is 1.33 bits per heavy atom. The second-order valence-electron chi connectivity index (χ2n) is 12.5. The van der Waals surface area contributed by atoms with Crippen LogP contribution in [-0.4, -0.2) is 24.3 Å². The molecule has 0 bridgehead atoms. The fourth-order valence-electron chi connectivity index (χ4n) is 3.31. The molecule has 2 rings (SSSR count). The van der Waals surface area contributed by atoms with Crippen LogP contribution >= 0.6 is 0 Å². The summed E-state index contributed by atoms with van der Waals surface area (Å²) in [6, 6.07) is 10.2. The van der Waals surface area contributed by atoms with Crippen LogP contribution in [0.4, 0.5) is 0 Å². The van der Waals surface area contributed by atoms with Crippen LogP contribution < -0.4 is 14.2 Å². The molecule has 212 valence electrons. The van der Waals surface area contributed by atoms with Crippen molar-refractivity contribution in [1.82, 2.24) is 0 Å². The Bertz CT molecular complexity index is 1200. The van der Waals surface area contributed by atoms with E-state index < -0.39 is 10.8 Å². The molecule has 2 aromatic rings. The van der Waals surface area contributed by atoms with Crippen LogP contribution in [0.3, 0.4) is 0 Å². The van der Waals surface area contributed by atoms with Crippen molar-refractivity contribution in [3.05, 3.63) is 59.2 Å². The number of hydrogen-bond donors (Lipinski definition) is 0. The number of esters is 2. The van der Waals surface area contributed by atoms with E-state index in [2.05, 4.69) is 20.8 Å². The summed E-state index contributed by atoms with van der Waals surface area (Å²) in [5.74, 6) is 0.521. The van der Waals surface area contributed by atoms with E-state index in [1.54, 1.807) is 57.2 Å². The molecule has 39 heavy (non-hydrogen) atoms. The van der Waals surface area contributed by atoms with Crippen LogP contribution in [0.2, 0.25) is 0 Å². The number of ketones is 1. The van der Waals surface area contributed by atoms with Crippen LogP contribution in [0.25, 0.3) is 6.08 Å². The second-order valence-corrected chi connectivity index (χ2v) is 12.5. The lowest BCUT2D eigenvalue weighted by atomic mass is 9.80. The van der Waals surface area contributed by atoms with E-state index in [1.807, 2.05) is 33.8 Å². The lowest BCUT2D eigenvalue weighted by Gasteiger charge is -2.28. The van der Waals surface area contributed by atoms with Gasteiger partial charge in [-0.15, -0.1) is 0 Å². The van der Waals surface area contributed by atoms with Gasteiger partial charge in [-0.1, -0.05) is 27.7 Å². The maximum Gasteiger partial charge on any atom is 0.316 e. The molecule has 2 aromatic carbocycles. The molecule has 0 aliphatic carbocycles. The molecule has 0 N–H and O–H groups in total. The summed E-state index contributed by atoms with van der Waals surface area (Å²) in [5.41, 5.74) is 0.472. The molecule has 6 heteroatoms. The molecule has 0 spiro atoms. The number of hydrogen-bond acceptors (Lipinski definition) is 6. The van der Waals surface area contributed by atoms with Crippen molar-refractivity contribution in [1.29, 1.82) is 0 Å². The third kappa shape index (κ3) is 8.81. The quantitative estimate of drug-likeness (QED) is 0.133. The number of carbonyl (C=O) groups excluding carboxylic acids is 3. The minimum atomic E-state index is -0.663. The fourth-order valence-corrected chi connectivity index (χ4v) is 3.31. The Morgan fingerprint density at radius 1 is 0.769 bits per heavy atom. The zero-order chi connectivity index (χ0) is 29.6. The topological polar surface area (TPSA) is 78.9 Å². The van der Waals surface area contributed by atoms with Gasteiger partial charge < -0.3 is 14.2 Å². The molecule has 0 amide bonds. The van der Waals surface area contributed by atoms with Crippen molar-refractivity contribution < 1.29 is 28.6 Å². The number of ether oxygens (including phenoxy) is 3. The summed E-state index contributed by atoms with van der Waals surface area (Å²) >= 11 is 0. The van der Waals surface area contributed by atoms with Gasteiger partial charge in [0.15, 0.2) is 5.78 Å². The number of allylic oxidation sites excluding steroid dienone is 1. The zero-order valence-electron chi connectivity index (χ0n) is 25.2. The SMILES string of the molecule is CCCOc1cc(OC(=O)C(C)(C)C)c(C(C)(C)CC)cc1C=CC(=O)c1ccc(OC(=O)C(C)(C)C)cc1. The first kappa shape index (κ1) is 31.8. The van der Waals surface area contributed by atoms with Gasteiger partial charge in [0.2, 0.25) is 0 Å². The Morgan fingerprint density at radius 3 is 1.85 bits per heavy atom. The Labute approximate surface area is 233 Å². The van der Waals surface area contributed by atoms with Crippen molar-refractivity contribution in [2.75, 3.05) is 6.61 Å². The summed E-state index contributed by atoms with van der Waals surface area (Å²) in [5, 5.41) is 0. The van der Waals surface area contributed by atoms with Crippen molar-refractivity contribution in [2.45, 2.75) is 87.5 Å². The van der Waals surface area contributed by atoms with Crippen LogP contribution in [0.15, 0.2) is 42.5 Å². The summed E-state index contributed by atoms with van der Waals surface area (Å²) < 4.78 is 17.3. The van der Waals surface area contributed by atoms with E-state index >= 15 is 0 Å². The van der Waals surface area contributed by atoms with E-state index in [1.165, 1.54) is 6.08 Å². The van der Waals surface area contributed by atoms with Crippen LogP contribution in [0.1, 0.15) is 104 Å². The fraction of sp³-hybridized carbons (Fsp3) is 0.485. The summed E-state index contributed by atoms with van der Waals surface area (Å²) in [7, 11) is 0. The molecule has 0 atom stereocenters. The molecule has 6 nitrogen and oxygen atoms in total. The zero-order valence-corrected chi connectivity index (χ0v) is 25.2. The van der Waals surface area contributed by atoms with Crippen LogP contribution in [0.5, 0.6) is 17.2 Å². The third-order valence-electron chi connectivity index (χ3n) is 6.38. The van der Waals surface area contributed by atoms with Crippen molar-refractivity contribution in [3.63, 3.8) is 0 Å². The predicted molar refractivity (Wildman–Crippen MR) is 156 cm³/mol. The molecule has 0 saturated heterocycles. The number of carbonyl (C=O) groups is 3. The van der Waals surface area contributed by atoms with Gasteiger partial charge >= 0.3 is 11.9 Å². The average molecular weight is 537 g/mol. The third-order valence-corrected chi connectivity index (χ3v) is 6.38. The largest absolute Gasteiger partial charge is 0.493 e. The minimum Gasteiger partial charge on any atom is -0.493 e. The highest BCUT2D eigenvalue weighted by molar-refractivity contribution is 6.07. The van der Waals surface area contributed by atoms with Crippen LogP contribution in [-0.2, 0) is 15.0 Å². The first-order chi connectivity index (χ1) is 18.0. The molecule has 0 unspecified atom stereocenters. The van der Waals surface area contributed by atoms with Crippen molar-refractivity contribution in [3.8, 4) is 17.2 Å². The lowest BCUT2D eigenvalue weighted by molar-refractivity contribution is -0.143. The molecule has 0 fully saturated rings. The van der Waals surface area contributed by atoms with E-state index in [0.717, 1.165) is 24.0 Å². The van der Waals surface area contributed by atoms with Gasteiger partial charge in [0.05, 0.1) is 17.4 Å². The molecular formula is C33H44O6. The first-order valence-electron chi connectivity index (χ1n) is 13.6. The van der Waals surface area contributed by atoms with Gasteiger partial charge in [-0.2, -0.15) is 0 Å². The maximum atomic E-state index is 13.0. The van der Waals surface area contributed by atoms with Gasteiger partial charge in [0, 0.05) is 22.8 Å². The molecule has 0 aliphatic heterocycles. The molecule has 0 heterocycles. The second kappa shape index (κ2) is 12.6. The standard InChI is InChI=1S/C33H44O6/c1-11-19-37-27-21-28(39-30(36)32(6,7)8)25(33(9,10)12-2)20-23(27)15-18-26(34)22-13-16-24(17-14-22)38-29(35)31(3,4)5/h13-18,20-21H,11-12,19H2,1-10H3. The summed E-state index contributed by atoms with van der Waals surface area (Å²) in [6.45, 7) is 19.6. The molecule has 0 saturated carbocycles. The Balaban J connectivity index is 2.44. The van der Waals surface area contributed by atoms with Gasteiger partial charge in [-0.3, -0.25) is 14.4 Å². The maximum absolute atomic E-state index is 13.0. The Kier molecular flexibility index (Phi) is 10.3. The van der Waals surface area contributed by atoms with E-state index in [9.17, 15) is 14.4 Å². The summed E-state index contributed by atoms with van der Waals surface area (Å²) in [4.78, 5) is 37.9. The number of benzene rings is 2. The van der Waals surface area contributed by atoms with Crippen molar-refractivity contribution >= 4 is 23.8 Å². The van der Waals surface area contributed by atoms with Gasteiger partial charge in [-0.25, -0.2) is 0 Å². The van der Waals surface area contributed by atoms with Crippen LogP contribution in [0, 0.1) is 10.8 Å². The summed E-state index contributed by atoms with van der Waals surface area (Å²) in [6.07, 6.45) is 4.84. The first-order valence-corrected chi connectivity index (χ1v) is 13.6. The smallest absolute Gasteiger partial charge is 0.316 e. The van der Waals surface area contributed by atoms with E-state index in [0.29, 0.717) is 29.4 Å². The molecular weight excluding hydrogens is 492 g/mol. The van der Waals surface area contributed by atoms with Gasteiger partial charge in [0.1, 0.15) is 17.2 Å². The van der Waals surface area contributed by atoms with Crippen molar-refractivity contribution in [2.24, 2.45) is 10.8 Å². The molecule has 0 radical (unpaired) electrons. The predicted octanol–water partition coefficient (Wildman–Crippen LogP) is 7.96. The van der Waals surface area contributed by atoms with Gasteiger partial charge in [-0.05, 0) is 102 Å². The normalized spacial score (nSPS) is 12.4. The Hall–Kier alpha value is -3.41. The van der Waals surface area contributed by atoms with Gasteiger partial charge in [0.25, 0.3) is 0 Å². The number of rotatable bonds is 10. The monoisotopic (exact) mass is 536 g/mol. The highest BCUT2D eigenvalue weighted by Crippen LogP contribution is 2.40. The van der Waals surface area contributed by atoms with E-state index in [4.69, 9.17) is 14.2 Å². The van der Waals surface area contributed by atoms with E-state index in [-0.39, 0.29) is 23.1 Å². The highest BCUT2D eigenvalue weighted by atomic mass is 16.5. The molecule has 0 aliphatic rings. The molecule has 0 aromatic heterocycles. The minimum absolute atomic E-state index is 0.204. The average Bonchev–Trinajstić information content (AvgIpc) is 2.85. The highest BCUT2D eigenvalue weighted by Gasteiger charge is 2.29. The lowest BCUT2D eigenvalue weighted by Crippen LogP contribution is -2.27.